The van der Waals surface area contributed by atoms with Gasteiger partial charge in [0.25, 0.3) is 0 Å². The number of unbranched alkanes of at least 4 members (excludes halogenated alkanes) is 18. The van der Waals surface area contributed by atoms with Crippen LogP contribution in [0.25, 0.3) is 0 Å². The van der Waals surface area contributed by atoms with Crippen molar-refractivity contribution in [3.05, 3.63) is 0 Å². The molecule has 0 amide bonds. The average Bonchev–Trinajstić information content (AvgIpc) is 2.68. The van der Waals surface area contributed by atoms with Crippen LogP contribution in [0.3, 0.4) is 0 Å². The van der Waals surface area contributed by atoms with Crippen LogP contribution in [0.15, 0.2) is 0 Å². The quantitative estimate of drug-likeness (QED) is 0.186. The molecule has 0 radical (unpaired) electrons. The molecule has 0 aromatic rings. The normalized spacial score (nSPS) is 13.8. The zero-order chi connectivity index (χ0) is 20.0. The van der Waals surface area contributed by atoms with Crippen LogP contribution in [-0.2, 0) is 0 Å². The summed E-state index contributed by atoms with van der Waals surface area (Å²) in [6, 6.07) is 0. The maximum Gasteiger partial charge on any atom is 0.0799 e. The topological polar surface area (TPSA) is 40.5 Å². The second kappa shape index (κ2) is 22.2. The van der Waals surface area contributed by atoms with Crippen molar-refractivity contribution in [1.29, 1.82) is 0 Å². The first-order valence-corrected chi connectivity index (χ1v) is 12.6. The van der Waals surface area contributed by atoms with E-state index in [0.717, 1.165) is 12.8 Å². The SMILES string of the molecule is CCCCCCCCCCCCCCCCCCCCCC(O)C(O)CC. The number of rotatable bonds is 22. The van der Waals surface area contributed by atoms with Gasteiger partial charge in [0.05, 0.1) is 12.2 Å². The molecule has 2 heteroatoms. The van der Waals surface area contributed by atoms with Crippen LogP contribution in [0.4, 0.5) is 0 Å². The Morgan fingerprint density at radius 2 is 0.704 bits per heavy atom. The van der Waals surface area contributed by atoms with E-state index in [1.807, 2.05) is 6.92 Å². The van der Waals surface area contributed by atoms with Crippen LogP contribution in [0.5, 0.6) is 0 Å². The lowest BCUT2D eigenvalue weighted by atomic mass is 10.0. The third-order valence-electron chi connectivity index (χ3n) is 5.97. The van der Waals surface area contributed by atoms with Crippen molar-refractivity contribution in [1.82, 2.24) is 0 Å². The number of hydrogen-bond donors (Lipinski definition) is 2. The van der Waals surface area contributed by atoms with E-state index in [9.17, 15) is 10.2 Å². The molecule has 0 bridgehead atoms. The minimum atomic E-state index is -0.527. The number of aliphatic hydroxyl groups excluding tert-OH is 2. The van der Waals surface area contributed by atoms with Gasteiger partial charge in [-0.15, -0.1) is 0 Å². The van der Waals surface area contributed by atoms with Gasteiger partial charge in [-0.25, -0.2) is 0 Å². The molecule has 2 N–H and O–H groups in total. The molecule has 0 aromatic heterocycles. The van der Waals surface area contributed by atoms with Crippen molar-refractivity contribution in [2.75, 3.05) is 0 Å². The Balaban J connectivity index is 3.07. The van der Waals surface area contributed by atoms with E-state index in [-0.39, 0.29) is 0 Å². The minimum Gasteiger partial charge on any atom is -0.390 e. The Labute approximate surface area is 171 Å². The Kier molecular flexibility index (Phi) is 22.1. The highest BCUT2D eigenvalue weighted by atomic mass is 16.3. The maximum absolute atomic E-state index is 9.71. The molecule has 0 saturated carbocycles. The summed E-state index contributed by atoms with van der Waals surface area (Å²) in [7, 11) is 0. The fourth-order valence-electron chi connectivity index (χ4n) is 3.90. The van der Waals surface area contributed by atoms with Gasteiger partial charge in [-0.05, 0) is 12.8 Å². The van der Waals surface area contributed by atoms with Crippen LogP contribution >= 0.6 is 0 Å². The third-order valence-corrected chi connectivity index (χ3v) is 5.97. The van der Waals surface area contributed by atoms with E-state index < -0.39 is 12.2 Å². The van der Waals surface area contributed by atoms with Crippen LogP contribution in [0.2, 0.25) is 0 Å². The van der Waals surface area contributed by atoms with Gasteiger partial charge in [-0.1, -0.05) is 136 Å². The third kappa shape index (κ3) is 20.5. The van der Waals surface area contributed by atoms with Gasteiger partial charge in [0.15, 0.2) is 0 Å². The summed E-state index contributed by atoms with van der Waals surface area (Å²) in [5.41, 5.74) is 0. The minimum absolute atomic E-state index is 0.513. The van der Waals surface area contributed by atoms with Crippen molar-refractivity contribution in [3.63, 3.8) is 0 Å². The van der Waals surface area contributed by atoms with E-state index in [2.05, 4.69) is 6.92 Å². The first-order valence-electron chi connectivity index (χ1n) is 12.6. The summed E-state index contributed by atoms with van der Waals surface area (Å²) < 4.78 is 0. The summed E-state index contributed by atoms with van der Waals surface area (Å²) >= 11 is 0. The van der Waals surface area contributed by atoms with E-state index in [0.29, 0.717) is 6.42 Å². The molecule has 2 atom stereocenters. The van der Waals surface area contributed by atoms with Gasteiger partial charge in [-0.2, -0.15) is 0 Å². The molecule has 0 aliphatic heterocycles. The first-order chi connectivity index (χ1) is 13.2. The molecule has 0 aliphatic rings. The summed E-state index contributed by atoms with van der Waals surface area (Å²) in [6.07, 6.45) is 26.7. The Bertz CT molecular complexity index is 267. The first kappa shape index (κ1) is 26.9. The van der Waals surface area contributed by atoms with Crippen molar-refractivity contribution in [3.8, 4) is 0 Å². The summed E-state index contributed by atoms with van der Waals surface area (Å²) in [5.74, 6) is 0. The lowest BCUT2D eigenvalue weighted by Gasteiger charge is -2.15. The van der Waals surface area contributed by atoms with E-state index >= 15 is 0 Å². The van der Waals surface area contributed by atoms with Gasteiger partial charge in [-0.3, -0.25) is 0 Å². The molecular formula is C25H52O2. The zero-order valence-corrected chi connectivity index (χ0v) is 18.9. The smallest absolute Gasteiger partial charge is 0.0799 e. The molecule has 0 fully saturated rings. The van der Waals surface area contributed by atoms with Crippen LogP contribution < -0.4 is 0 Å². The van der Waals surface area contributed by atoms with Crippen molar-refractivity contribution in [2.24, 2.45) is 0 Å². The molecule has 164 valence electrons. The molecular weight excluding hydrogens is 332 g/mol. The predicted octanol–water partition coefficient (Wildman–Crippen LogP) is 7.94. The fourth-order valence-corrected chi connectivity index (χ4v) is 3.90. The molecule has 0 aliphatic carbocycles. The fraction of sp³-hybridized carbons (Fsp3) is 1.00. The molecule has 2 nitrogen and oxygen atoms in total. The molecule has 0 aromatic carbocycles. The maximum atomic E-state index is 9.71. The highest BCUT2D eigenvalue weighted by Crippen LogP contribution is 2.15. The van der Waals surface area contributed by atoms with Gasteiger partial charge >= 0.3 is 0 Å². The largest absolute Gasteiger partial charge is 0.390 e. The van der Waals surface area contributed by atoms with Gasteiger partial charge in [0.1, 0.15) is 0 Å². The molecule has 2 unspecified atom stereocenters. The van der Waals surface area contributed by atoms with Gasteiger partial charge in [0, 0.05) is 0 Å². The monoisotopic (exact) mass is 384 g/mol. The van der Waals surface area contributed by atoms with Crippen molar-refractivity contribution in [2.45, 2.75) is 161 Å². The number of aliphatic hydroxyl groups is 2. The lowest BCUT2D eigenvalue weighted by molar-refractivity contribution is 0.0114. The molecule has 0 rings (SSSR count). The predicted molar refractivity (Wildman–Crippen MR) is 120 cm³/mol. The van der Waals surface area contributed by atoms with E-state index in [1.54, 1.807) is 0 Å². The van der Waals surface area contributed by atoms with E-state index in [1.165, 1.54) is 116 Å². The molecule has 0 spiro atoms. The Morgan fingerprint density at radius 1 is 0.407 bits per heavy atom. The highest BCUT2D eigenvalue weighted by molar-refractivity contribution is 4.65. The lowest BCUT2D eigenvalue weighted by Crippen LogP contribution is -2.24. The second-order valence-electron chi connectivity index (χ2n) is 8.70. The second-order valence-corrected chi connectivity index (χ2v) is 8.70. The highest BCUT2D eigenvalue weighted by Gasteiger charge is 2.12. The van der Waals surface area contributed by atoms with E-state index in [4.69, 9.17) is 0 Å². The Morgan fingerprint density at radius 3 is 1.00 bits per heavy atom. The standard InChI is InChI=1S/C25H52O2/c1-3-5-6-7-8-9-10-11-12-13-14-15-16-17-18-19-20-21-22-23-25(27)24(26)4-2/h24-27H,3-23H2,1-2H3. The average molecular weight is 385 g/mol. The van der Waals surface area contributed by atoms with Crippen LogP contribution in [-0.4, -0.2) is 22.4 Å². The molecule has 0 saturated heterocycles. The van der Waals surface area contributed by atoms with Crippen LogP contribution in [0.1, 0.15) is 149 Å². The summed E-state index contributed by atoms with van der Waals surface area (Å²) in [6.45, 7) is 4.21. The molecule has 27 heavy (non-hydrogen) atoms. The molecule has 0 heterocycles. The van der Waals surface area contributed by atoms with Gasteiger partial charge < -0.3 is 10.2 Å². The number of hydrogen-bond acceptors (Lipinski definition) is 2. The zero-order valence-electron chi connectivity index (χ0n) is 18.9. The van der Waals surface area contributed by atoms with Crippen LogP contribution in [0, 0.1) is 0 Å². The van der Waals surface area contributed by atoms with Crippen molar-refractivity contribution >= 4 is 0 Å². The summed E-state index contributed by atoms with van der Waals surface area (Å²) in [4.78, 5) is 0. The summed E-state index contributed by atoms with van der Waals surface area (Å²) in [5, 5.41) is 19.2. The Hall–Kier alpha value is -0.0800. The van der Waals surface area contributed by atoms with Gasteiger partial charge in [0.2, 0.25) is 0 Å². The van der Waals surface area contributed by atoms with Crippen molar-refractivity contribution < 1.29 is 10.2 Å².